The highest BCUT2D eigenvalue weighted by molar-refractivity contribution is 6.31. The minimum Gasteiger partial charge on any atom is -0.479 e. The molecule has 7 nitrogen and oxygen atoms in total. The van der Waals surface area contributed by atoms with Crippen LogP contribution in [0.15, 0.2) is 41.5 Å². The largest absolute Gasteiger partial charge is 0.479 e. The van der Waals surface area contributed by atoms with Gasteiger partial charge in [0.25, 0.3) is 5.56 Å². The first-order valence-corrected chi connectivity index (χ1v) is 8.79. The Hall–Kier alpha value is -2.93. The number of H-pyrrole nitrogens is 1. The minimum absolute atomic E-state index is 0.288. The molecule has 0 spiro atoms. The second-order valence-electron chi connectivity index (χ2n) is 6.43. The quantitative estimate of drug-likeness (QED) is 0.701. The van der Waals surface area contributed by atoms with Gasteiger partial charge >= 0.3 is 5.97 Å². The average Bonchev–Trinajstić information content (AvgIpc) is 3.10. The zero-order chi connectivity index (χ0) is 19.8. The molecular weight excluding hydrogens is 368 g/mol. The lowest BCUT2D eigenvalue weighted by Gasteiger charge is -2.27. The molecule has 2 aromatic heterocycles. The number of carboxylic acids is 1. The summed E-state index contributed by atoms with van der Waals surface area (Å²) < 4.78 is 1.33. The summed E-state index contributed by atoms with van der Waals surface area (Å²) in [4.78, 5) is 30.7. The summed E-state index contributed by atoms with van der Waals surface area (Å²) in [6.45, 7) is 5.21. The lowest BCUT2D eigenvalue weighted by molar-refractivity contribution is -0.144. The van der Waals surface area contributed by atoms with Crippen LogP contribution in [-0.4, -0.2) is 30.8 Å². The van der Waals surface area contributed by atoms with Crippen LogP contribution in [0.25, 0.3) is 11.3 Å². The Labute approximate surface area is 160 Å². The molecule has 0 bridgehead atoms. The molecule has 1 unspecified atom stereocenters. The lowest BCUT2D eigenvalue weighted by Crippen LogP contribution is -2.40. The molecule has 3 aromatic rings. The molecule has 140 valence electrons. The highest BCUT2D eigenvalue weighted by Gasteiger charge is 2.40. The van der Waals surface area contributed by atoms with Crippen molar-refractivity contribution in [1.82, 2.24) is 19.7 Å². The van der Waals surface area contributed by atoms with E-state index in [4.69, 9.17) is 11.6 Å². The van der Waals surface area contributed by atoms with Crippen molar-refractivity contribution in [3.63, 3.8) is 0 Å². The normalized spacial score (nSPS) is 13.3. The number of aryl methyl sites for hydroxylation is 2. The summed E-state index contributed by atoms with van der Waals surface area (Å²) in [5.41, 5.74) is 0.599. The van der Waals surface area contributed by atoms with E-state index in [-0.39, 0.29) is 5.56 Å². The molecule has 0 aliphatic rings. The van der Waals surface area contributed by atoms with Crippen LogP contribution in [0.3, 0.4) is 0 Å². The third kappa shape index (κ3) is 3.38. The Morgan fingerprint density at radius 2 is 2.11 bits per heavy atom. The third-order valence-electron chi connectivity index (χ3n) is 4.58. The van der Waals surface area contributed by atoms with Gasteiger partial charge in [-0.05, 0) is 31.9 Å². The van der Waals surface area contributed by atoms with Crippen molar-refractivity contribution in [3.8, 4) is 11.3 Å². The van der Waals surface area contributed by atoms with Crippen LogP contribution in [0.2, 0.25) is 5.02 Å². The molecule has 0 fully saturated rings. The van der Waals surface area contributed by atoms with Crippen molar-refractivity contribution < 1.29 is 9.90 Å². The van der Waals surface area contributed by atoms with E-state index in [9.17, 15) is 14.7 Å². The first-order chi connectivity index (χ1) is 12.8. The Morgan fingerprint density at radius 3 is 2.70 bits per heavy atom. The Balaban J connectivity index is 2.13. The third-order valence-corrected chi connectivity index (χ3v) is 4.89. The van der Waals surface area contributed by atoms with E-state index < -0.39 is 11.5 Å². The van der Waals surface area contributed by atoms with Crippen LogP contribution in [-0.2, 0) is 16.8 Å². The molecule has 0 aliphatic carbocycles. The van der Waals surface area contributed by atoms with Crippen molar-refractivity contribution in [2.24, 2.45) is 0 Å². The van der Waals surface area contributed by atoms with Crippen LogP contribution in [0.5, 0.6) is 0 Å². The topological polar surface area (TPSA) is 101 Å². The molecule has 0 aliphatic heterocycles. The molecule has 0 radical (unpaired) electrons. The Morgan fingerprint density at radius 1 is 1.37 bits per heavy atom. The van der Waals surface area contributed by atoms with E-state index in [1.54, 1.807) is 25.3 Å². The average molecular weight is 387 g/mol. The summed E-state index contributed by atoms with van der Waals surface area (Å²) in [7, 11) is 0. The van der Waals surface area contributed by atoms with Gasteiger partial charge in [0.2, 0.25) is 0 Å². The second kappa shape index (κ2) is 7.00. The lowest BCUT2D eigenvalue weighted by atomic mass is 9.91. The van der Waals surface area contributed by atoms with Gasteiger partial charge in [-0.1, -0.05) is 30.7 Å². The number of benzene rings is 1. The van der Waals surface area contributed by atoms with E-state index in [2.05, 4.69) is 15.1 Å². The van der Waals surface area contributed by atoms with Gasteiger partial charge in [0.05, 0.1) is 11.9 Å². The predicted molar refractivity (Wildman–Crippen MR) is 102 cm³/mol. The number of aromatic amines is 1. The first-order valence-electron chi connectivity index (χ1n) is 8.41. The number of aliphatic carboxylic acids is 1. The monoisotopic (exact) mass is 386 g/mol. The first kappa shape index (κ1) is 18.8. The van der Waals surface area contributed by atoms with Crippen molar-refractivity contribution in [3.05, 3.63) is 69.0 Å². The Kier molecular flexibility index (Phi) is 4.89. The van der Waals surface area contributed by atoms with E-state index in [0.717, 1.165) is 12.0 Å². The summed E-state index contributed by atoms with van der Waals surface area (Å²) in [5, 5.41) is 14.6. The van der Waals surface area contributed by atoms with E-state index in [1.165, 1.54) is 23.9 Å². The molecule has 3 rings (SSSR count). The maximum Gasteiger partial charge on any atom is 0.336 e. The van der Waals surface area contributed by atoms with Gasteiger partial charge in [-0.3, -0.25) is 9.48 Å². The Bertz CT molecular complexity index is 1070. The van der Waals surface area contributed by atoms with Gasteiger partial charge < -0.3 is 10.1 Å². The number of hydrogen-bond donors (Lipinski definition) is 2. The number of aromatic nitrogens is 4. The minimum atomic E-state index is -1.52. The fraction of sp³-hybridized carbons (Fsp3) is 0.263. The molecular formula is C19H19ClN4O3. The molecule has 0 amide bonds. The van der Waals surface area contributed by atoms with E-state index in [0.29, 0.717) is 27.7 Å². The second-order valence-corrected chi connectivity index (χ2v) is 6.84. The fourth-order valence-corrected chi connectivity index (χ4v) is 3.32. The standard InChI is InChI=1S/C19H19ClN4O3/c1-4-12-5-6-14(15(20)7-12)19(3,18(26)27)24-10-13(9-21-24)16-8-17(25)23-11(2)22-16/h5-10H,4H2,1-3H3,(H,26,27)(H,22,23,25). The van der Waals surface area contributed by atoms with E-state index in [1.807, 2.05) is 13.0 Å². The molecule has 2 N–H and O–H groups in total. The van der Waals surface area contributed by atoms with Crippen LogP contribution in [0, 0.1) is 6.92 Å². The van der Waals surface area contributed by atoms with Crippen LogP contribution < -0.4 is 5.56 Å². The predicted octanol–water partition coefficient (Wildman–Crippen LogP) is 3.01. The van der Waals surface area contributed by atoms with E-state index >= 15 is 0 Å². The highest BCUT2D eigenvalue weighted by atomic mass is 35.5. The number of hydrogen-bond acceptors (Lipinski definition) is 4. The number of carbonyl (C=O) groups is 1. The zero-order valence-electron chi connectivity index (χ0n) is 15.2. The number of nitrogens with one attached hydrogen (secondary N) is 1. The van der Waals surface area contributed by atoms with Crippen molar-refractivity contribution in [2.45, 2.75) is 32.7 Å². The number of carboxylic acid groups (broad SMARTS) is 1. The summed E-state index contributed by atoms with van der Waals surface area (Å²) in [6, 6.07) is 6.68. The maximum absolute atomic E-state index is 12.2. The molecule has 0 saturated heterocycles. The smallest absolute Gasteiger partial charge is 0.336 e. The molecule has 1 atom stereocenters. The molecule has 8 heteroatoms. The van der Waals surface area contributed by atoms with Gasteiger partial charge in [-0.15, -0.1) is 0 Å². The maximum atomic E-state index is 12.2. The van der Waals surface area contributed by atoms with Gasteiger partial charge in [-0.25, -0.2) is 9.78 Å². The van der Waals surface area contributed by atoms with Gasteiger partial charge in [-0.2, -0.15) is 5.10 Å². The number of rotatable bonds is 5. The van der Waals surface area contributed by atoms with Gasteiger partial charge in [0.1, 0.15) is 5.82 Å². The van der Waals surface area contributed by atoms with Crippen LogP contribution in [0.1, 0.15) is 30.8 Å². The number of halogens is 1. The van der Waals surface area contributed by atoms with Gasteiger partial charge in [0, 0.05) is 28.4 Å². The molecule has 0 saturated carbocycles. The van der Waals surface area contributed by atoms with Crippen LogP contribution in [0.4, 0.5) is 0 Å². The molecule has 2 heterocycles. The highest BCUT2D eigenvalue weighted by Crippen LogP contribution is 2.33. The summed E-state index contributed by atoms with van der Waals surface area (Å²) in [5.74, 6) is -0.636. The molecule has 27 heavy (non-hydrogen) atoms. The van der Waals surface area contributed by atoms with Crippen molar-refractivity contribution in [1.29, 1.82) is 0 Å². The van der Waals surface area contributed by atoms with Crippen molar-refractivity contribution >= 4 is 17.6 Å². The fourth-order valence-electron chi connectivity index (χ4n) is 2.94. The summed E-state index contributed by atoms with van der Waals surface area (Å²) >= 11 is 6.39. The number of nitrogens with zero attached hydrogens (tertiary/aromatic N) is 3. The summed E-state index contributed by atoms with van der Waals surface area (Å²) in [6.07, 6.45) is 3.83. The molecule has 1 aromatic carbocycles. The van der Waals surface area contributed by atoms with Crippen LogP contribution >= 0.6 is 11.6 Å². The van der Waals surface area contributed by atoms with Crippen molar-refractivity contribution in [2.75, 3.05) is 0 Å². The van der Waals surface area contributed by atoms with Gasteiger partial charge in [0.15, 0.2) is 5.54 Å². The zero-order valence-corrected chi connectivity index (χ0v) is 15.9. The SMILES string of the molecule is CCc1ccc(C(C)(C(=O)O)n2cc(-c3cc(=O)[nH]c(C)n3)cn2)c(Cl)c1.